The first kappa shape index (κ1) is 7.09. The van der Waals surface area contributed by atoms with Crippen LogP contribution in [0.25, 0.3) is 0 Å². The lowest BCUT2D eigenvalue weighted by Gasteiger charge is -2.29. The van der Waals surface area contributed by atoms with Gasteiger partial charge in [0, 0.05) is 6.92 Å². The van der Waals surface area contributed by atoms with E-state index in [0.717, 1.165) is 12.8 Å². The maximum Gasteiger partial charge on any atom is 0.0850 e. The molecule has 0 aliphatic carbocycles. The van der Waals surface area contributed by atoms with Gasteiger partial charge in [-0.15, -0.1) is 4.75 Å². The van der Waals surface area contributed by atoms with E-state index in [4.69, 9.17) is 12.6 Å². The van der Waals surface area contributed by atoms with Gasteiger partial charge in [0.05, 0.1) is 13.3 Å². The first-order chi connectivity index (χ1) is 3.06. The zero-order valence-corrected chi connectivity index (χ0v) is 5.26. The summed E-state index contributed by atoms with van der Waals surface area (Å²) in [4.78, 5) is 0. The van der Waals surface area contributed by atoms with Crippen molar-refractivity contribution in [2.24, 2.45) is 0 Å². The summed E-state index contributed by atoms with van der Waals surface area (Å²) >= 11 is 4.82. The molecule has 0 aromatic heterocycles. The molecule has 0 aromatic rings. The van der Waals surface area contributed by atoms with Crippen LogP contribution in [0.15, 0.2) is 0 Å². The third-order valence-electron chi connectivity index (χ3n) is 0.632. The molecule has 0 atom stereocenters. The summed E-state index contributed by atoms with van der Waals surface area (Å²) in [5, 5.41) is 0. The Kier molecular flexibility index (Phi) is 2.44. The molecule has 0 nitrogen and oxygen atoms in total. The minimum absolute atomic E-state index is 0.429. The molecule has 0 aliphatic rings. The van der Waals surface area contributed by atoms with E-state index in [2.05, 4.69) is 20.8 Å². The van der Waals surface area contributed by atoms with Crippen LogP contribution in [0, 0.1) is 20.8 Å². The molecule has 0 fully saturated rings. The van der Waals surface area contributed by atoms with E-state index in [1.807, 2.05) is 0 Å². The smallest absolute Gasteiger partial charge is 0.0850 e. The van der Waals surface area contributed by atoms with E-state index in [1.54, 1.807) is 0 Å². The van der Waals surface area contributed by atoms with Crippen molar-refractivity contribution in [3.8, 4) is 0 Å². The fraction of sp³-hybridized carbons (Fsp3) is 0.500. The first-order valence-electron chi connectivity index (χ1n) is 2.26. The summed E-state index contributed by atoms with van der Waals surface area (Å²) in [6.45, 7) is 10.9. The predicted molar refractivity (Wildman–Crippen MR) is 35.4 cm³/mol. The molecule has 0 amide bonds. The molecule has 0 unspecified atom stereocenters. The normalized spacial score (nSPS) is 18.6. The van der Waals surface area contributed by atoms with Gasteiger partial charge >= 0.3 is 0 Å². The lowest BCUT2D eigenvalue weighted by atomic mass is 10.1. The summed E-state index contributed by atoms with van der Waals surface area (Å²) in [6.07, 6.45) is 1.65. The van der Waals surface area contributed by atoms with Gasteiger partial charge in [0.2, 0.25) is 0 Å². The van der Waals surface area contributed by atoms with Crippen LogP contribution < -0.4 is 0 Å². The Labute approximate surface area is 51.7 Å². The van der Waals surface area contributed by atoms with E-state index in [0.29, 0.717) is 0 Å². The minimum atomic E-state index is -0.429. The minimum Gasteiger partial charge on any atom is -0.771 e. The summed E-state index contributed by atoms with van der Waals surface area (Å²) < 4.78 is -0.429. The fourth-order valence-electron chi connectivity index (χ4n) is 0.322. The molecule has 0 saturated carbocycles. The van der Waals surface area contributed by atoms with Crippen LogP contribution in [-0.2, 0) is 12.6 Å². The summed E-state index contributed by atoms with van der Waals surface area (Å²) in [6, 6.07) is 0. The van der Waals surface area contributed by atoms with Crippen molar-refractivity contribution in [1.29, 1.82) is 0 Å². The van der Waals surface area contributed by atoms with Crippen LogP contribution in [0.2, 0.25) is 0 Å². The molecule has 0 heterocycles. The van der Waals surface area contributed by atoms with Crippen molar-refractivity contribution >= 4 is 12.6 Å². The largest absolute Gasteiger partial charge is 0.771 e. The Balaban J connectivity index is 3.15. The average Bonchev–Trinajstić information content (AvgIpc) is 1.30. The van der Waals surface area contributed by atoms with E-state index in [9.17, 15) is 0 Å². The van der Waals surface area contributed by atoms with Gasteiger partial charge in [-0.2, -0.15) is 0 Å². The quantitative estimate of drug-likeness (QED) is 0.388. The highest BCUT2D eigenvalue weighted by Gasteiger charge is 1.98. The number of hydrogen-bond acceptors (Lipinski definition) is 1. The van der Waals surface area contributed by atoms with Crippen LogP contribution in [0.4, 0.5) is 0 Å². The predicted octanol–water partition coefficient (Wildman–Crippen LogP) is 1.55. The molecular weight excluding hydrogens is 104 g/mol. The molecule has 0 rings (SSSR count). The highest BCUT2D eigenvalue weighted by molar-refractivity contribution is 7.60. The highest BCUT2D eigenvalue weighted by Crippen LogP contribution is 2.08. The Hall–Kier alpha value is 0.0900. The SMILES string of the molecule is [CH2+]CCC([CH2+])([CH2-])[S-]. The van der Waals surface area contributed by atoms with Crippen LogP contribution in [0.5, 0.6) is 0 Å². The molecule has 0 aromatic carbocycles. The maximum atomic E-state index is 4.82. The number of rotatable bonds is 2. The molecular formula is C6H10S. The third-order valence-corrected chi connectivity index (χ3v) is 0.837. The van der Waals surface area contributed by atoms with Crippen molar-refractivity contribution in [2.75, 3.05) is 0 Å². The Bertz CT molecular complexity index is 42.6. The molecule has 0 radical (unpaired) electrons. The second-order valence-corrected chi connectivity index (χ2v) is 2.65. The molecule has 0 spiro atoms. The zero-order valence-electron chi connectivity index (χ0n) is 4.44. The Morgan fingerprint density at radius 3 is 2.14 bits per heavy atom. The average molecular weight is 114 g/mol. The standard InChI is InChI=1S/C6H10S/c1-4-5-6(2,3)7/h1-5H2. The van der Waals surface area contributed by atoms with Crippen molar-refractivity contribution in [3.63, 3.8) is 0 Å². The van der Waals surface area contributed by atoms with E-state index >= 15 is 0 Å². The summed E-state index contributed by atoms with van der Waals surface area (Å²) in [7, 11) is 0. The van der Waals surface area contributed by atoms with Gasteiger partial charge in [-0.3, -0.25) is 0 Å². The Morgan fingerprint density at radius 1 is 1.71 bits per heavy atom. The van der Waals surface area contributed by atoms with E-state index in [-0.39, 0.29) is 0 Å². The van der Waals surface area contributed by atoms with E-state index < -0.39 is 4.75 Å². The Morgan fingerprint density at radius 2 is 2.14 bits per heavy atom. The van der Waals surface area contributed by atoms with Gasteiger partial charge in [-0.05, 0) is 6.42 Å². The lowest BCUT2D eigenvalue weighted by Crippen LogP contribution is -2.14. The van der Waals surface area contributed by atoms with Crippen LogP contribution in [-0.4, -0.2) is 4.75 Å². The van der Waals surface area contributed by atoms with Crippen molar-refractivity contribution < 1.29 is 0 Å². The molecule has 7 heavy (non-hydrogen) atoms. The molecule has 0 saturated heterocycles. The second kappa shape index (κ2) is 2.41. The number of hydrogen-bond donors (Lipinski definition) is 0. The van der Waals surface area contributed by atoms with Crippen molar-refractivity contribution in [1.82, 2.24) is 0 Å². The van der Waals surface area contributed by atoms with Gasteiger partial charge in [0.1, 0.15) is 0 Å². The van der Waals surface area contributed by atoms with Crippen molar-refractivity contribution in [2.45, 2.75) is 17.6 Å². The van der Waals surface area contributed by atoms with Crippen molar-refractivity contribution in [3.05, 3.63) is 20.8 Å². The summed E-state index contributed by atoms with van der Waals surface area (Å²) in [5.41, 5.74) is 0. The topological polar surface area (TPSA) is 0 Å². The van der Waals surface area contributed by atoms with Gasteiger partial charge in [0.25, 0.3) is 0 Å². The highest BCUT2D eigenvalue weighted by atomic mass is 32.1. The molecule has 0 bridgehead atoms. The molecule has 1 heteroatoms. The molecule has 0 aliphatic heterocycles. The lowest BCUT2D eigenvalue weighted by molar-refractivity contribution is 0.765. The van der Waals surface area contributed by atoms with Gasteiger partial charge in [-0.1, -0.05) is 0 Å². The zero-order chi connectivity index (χ0) is 5.91. The fourth-order valence-corrected chi connectivity index (χ4v) is 0.467. The molecule has 40 valence electrons. The summed E-state index contributed by atoms with van der Waals surface area (Å²) in [5.74, 6) is 0. The maximum absolute atomic E-state index is 4.82. The third kappa shape index (κ3) is 6.09. The van der Waals surface area contributed by atoms with E-state index in [1.165, 1.54) is 0 Å². The van der Waals surface area contributed by atoms with Gasteiger partial charge < -0.3 is 19.6 Å². The van der Waals surface area contributed by atoms with Crippen LogP contribution >= 0.6 is 0 Å². The first-order valence-corrected chi connectivity index (χ1v) is 2.67. The monoisotopic (exact) mass is 114 g/mol. The van der Waals surface area contributed by atoms with Crippen LogP contribution in [0.1, 0.15) is 12.8 Å². The van der Waals surface area contributed by atoms with Gasteiger partial charge in [-0.25, -0.2) is 0 Å². The molecule has 0 N–H and O–H groups in total. The second-order valence-electron chi connectivity index (χ2n) is 1.79. The van der Waals surface area contributed by atoms with Crippen LogP contribution in [0.3, 0.4) is 0 Å². The van der Waals surface area contributed by atoms with Gasteiger partial charge in [0.15, 0.2) is 0 Å².